The first kappa shape index (κ1) is 13.2. The lowest BCUT2D eigenvalue weighted by Crippen LogP contribution is -2.12. The Morgan fingerprint density at radius 2 is 2.10 bits per heavy atom. The predicted molar refractivity (Wildman–Crippen MR) is 79.2 cm³/mol. The van der Waals surface area contributed by atoms with Gasteiger partial charge in [-0.2, -0.15) is 0 Å². The molecule has 3 rings (SSSR count). The molecule has 0 aliphatic carbocycles. The highest BCUT2D eigenvalue weighted by Crippen LogP contribution is 2.19. The van der Waals surface area contributed by atoms with E-state index in [4.69, 9.17) is 10.5 Å². The molecule has 1 amide bonds. The first-order valence-electron chi connectivity index (χ1n) is 6.60. The highest BCUT2D eigenvalue weighted by Gasteiger charge is 2.10. The Bertz CT molecular complexity index is 808. The van der Waals surface area contributed by atoms with E-state index >= 15 is 0 Å². The monoisotopic (exact) mass is 281 g/mol. The number of hydrogen-bond acceptors (Lipinski definition) is 3. The molecule has 0 spiro atoms. The summed E-state index contributed by atoms with van der Waals surface area (Å²) in [5, 5.41) is 0. The van der Waals surface area contributed by atoms with Crippen LogP contribution in [-0.4, -0.2) is 15.3 Å². The highest BCUT2D eigenvalue weighted by molar-refractivity contribution is 5.95. The molecule has 0 bridgehead atoms. The second kappa shape index (κ2) is 5.28. The lowest BCUT2D eigenvalue weighted by atomic mass is 10.2. The number of para-hydroxylation sites is 1. The molecule has 2 N–H and O–H groups in total. The summed E-state index contributed by atoms with van der Waals surface area (Å²) in [7, 11) is 0. The maximum absolute atomic E-state index is 11.3. The highest BCUT2D eigenvalue weighted by atomic mass is 16.5. The van der Waals surface area contributed by atoms with Crippen molar-refractivity contribution in [2.45, 2.75) is 13.5 Å². The number of fused-ring (bicyclic) bond motifs is 1. The molecule has 2 aromatic heterocycles. The number of aromatic nitrogens is 2. The Labute approximate surface area is 122 Å². The molecule has 21 heavy (non-hydrogen) atoms. The number of primary amides is 1. The lowest BCUT2D eigenvalue weighted by Gasteiger charge is -2.07. The number of ether oxygens (including phenoxy) is 1. The van der Waals surface area contributed by atoms with Crippen molar-refractivity contribution in [3.63, 3.8) is 0 Å². The van der Waals surface area contributed by atoms with E-state index in [1.54, 1.807) is 24.3 Å². The molecular weight excluding hydrogens is 266 g/mol. The SMILES string of the molecule is Cc1cccn2cc(COc3ccccc3C(N)=O)nc12. The number of rotatable bonds is 4. The zero-order valence-electron chi connectivity index (χ0n) is 11.6. The van der Waals surface area contributed by atoms with Crippen LogP contribution in [0.2, 0.25) is 0 Å². The fraction of sp³-hybridized carbons (Fsp3) is 0.125. The van der Waals surface area contributed by atoms with Crippen LogP contribution in [0.5, 0.6) is 5.75 Å². The van der Waals surface area contributed by atoms with Crippen LogP contribution in [0.1, 0.15) is 21.6 Å². The van der Waals surface area contributed by atoms with Crippen LogP contribution in [-0.2, 0) is 6.61 Å². The van der Waals surface area contributed by atoms with Crippen molar-refractivity contribution in [3.05, 3.63) is 65.6 Å². The van der Waals surface area contributed by atoms with Gasteiger partial charge in [-0.25, -0.2) is 4.98 Å². The molecule has 0 atom stereocenters. The average molecular weight is 281 g/mol. The second-order valence-corrected chi connectivity index (χ2v) is 4.80. The minimum atomic E-state index is -0.503. The Morgan fingerprint density at radius 1 is 1.29 bits per heavy atom. The van der Waals surface area contributed by atoms with Crippen molar-refractivity contribution in [1.82, 2.24) is 9.38 Å². The number of amides is 1. The summed E-state index contributed by atoms with van der Waals surface area (Å²) in [6, 6.07) is 10.9. The summed E-state index contributed by atoms with van der Waals surface area (Å²) in [6.45, 7) is 2.29. The number of nitrogens with zero attached hydrogens (tertiary/aromatic N) is 2. The Hall–Kier alpha value is -2.82. The molecule has 5 nitrogen and oxygen atoms in total. The molecule has 0 fully saturated rings. The number of nitrogens with two attached hydrogens (primary N) is 1. The number of aryl methyl sites for hydroxylation is 1. The van der Waals surface area contributed by atoms with E-state index in [9.17, 15) is 4.79 Å². The molecular formula is C16H15N3O2. The zero-order chi connectivity index (χ0) is 14.8. The molecule has 1 aromatic carbocycles. The first-order valence-corrected chi connectivity index (χ1v) is 6.60. The summed E-state index contributed by atoms with van der Waals surface area (Å²) in [4.78, 5) is 15.9. The number of benzene rings is 1. The Kier molecular flexibility index (Phi) is 3.31. The van der Waals surface area contributed by atoms with Gasteiger partial charge in [0.1, 0.15) is 18.0 Å². The van der Waals surface area contributed by atoms with Gasteiger partial charge in [0.15, 0.2) is 0 Å². The van der Waals surface area contributed by atoms with Crippen LogP contribution >= 0.6 is 0 Å². The van der Waals surface area contributed by atoms with Gasteiger partial charge in [-0.15, -0.1) is 0 Å². The number of carbonyl (C=O) groups excluding carboxylic acids is 1. The topological polar surface area (TPSA) is 69.6 Å². The van der Waals surface area contributed by atoms with Crippen molar-refractivity contribution >= 4 is 11.6 Å². The number of imidazole rings is 1. The maximum Gasteiger partial charge on any atom is 0.252 e. The molecule has 106 valence electrons. The molecule has 0 saturated heterocycles. The fourth-order valence-corrected chi connectivity index (χ4v) is 2.22. The molecule has 0 saturated carbocycles. The second-order valence-electron chi connectivity index (χ2n) is 4.80. The first-order chi connectivity index (χ1) is 10.1. The number of hydrogen-bond donors (Lipinski definition) is 1. The van der Waals surface area contributed by atoms with Gasteiger partial charge >= 0.3 is 0 Å². The quantitative estimate of drug-likeness (QED) is 0.798. The van der Waals surface area contributed by atoms with E-state index in [-0.39, 0.29) is 6.61 Å². The standard InChI is InChI=1S/C16H15N3O2/c1-11-5-4-8-19-9-12(18-16(11)19)10-21-14-7-3-2-6-13(14)15(17)20/h2-9H,10H2,1H3,(H2,17,20). The third kappa shape index (κ3) is 2.58. The summed E-state index contributed by atoms with van der Waals surface area (Å²) in [5.41, 5.74) is 8.49. The third-order valence-electron chi connectivity index (χ3n) is 3.26. The van der Waals surface area contributed by atoms with Crippen molar-refractivity contribution in [2.75, 3.05) is 0 Å². The average Bonchev–Trinajstić information content (AvgIpc) is 2.90. The molecule has 0 aliphatic heterocycles. The van der Waals surface area contributed by atoms with Gasteiger partial charge in [-0.05, 0) is 30.7 Å². The normalized spacial score (nSPS) is 10.7. The van der Waals surface area contributed by atoms with E-state index in [1.165, 1.54) is 0 Å². The van der Waals surface area contributed by atoms with Crippen LogP contribution in [0.4, 0.5) is 0 Å². The van der Waals surface area contributed by atoms with Crippen LogP contribution in [0.25, 0.3) is 5.65 Å². The molecule has 0 aliphatic rings. The predicted octanol–water partition coefficient (Wildman–Crippen LogP) is 2.32. The minimum absolute atomic E-state index is 0.283. The van der Waals surface area contributed by atoms with Gasteiger partial charge < -0.3 is 14.9 Å². The molecule has 3 aromatic rings. The smallest absolute Gasteiger partial charge is 0.252 e. The van der Waals surface area contributed by atoms with Crippen molar-refractivity contribution in [1.29, 1.82) is 0 Å². The maximum atomic E-state index is 11.3. The van der Waals surface area contributed by atoms with Gasteiger partial charge in [0.05, 0.1) is 11.3 Å². The van der Waals surface area contributed by atoms with E-state index in [0.717, 1.165) is 16.9 Å². The molecule has 2 heterocycles. The zero-order valence-corrected chi connectivity index (χ0v) is 11.6. The van der Waals surface area contributed by atoms with Gasteiger partial charge in [-0.3, -0.25) is 4.79 Å². The lowest BCUT2D eigenvalue weighted by molar-refractivity contribution is 0.0996. The van der Waals surface area contributed by atoms with Crippen LogP contribution < -0.4 is 10.5 Å². The van der Waals surface area contributed by atoms with Gasteiger partial charge in [0.25, 0.3) is 5.91 Å². The number of pyridine rings is 1. The molecule has 0 radical (unpaired) electrons. The Morgan fingerprint density at radius 3 is 2.86 bits per heavy atom. The van der Waals surface area contributed by atoms with E-state index < -0.39 is 5.91 Å². The largest absolute Gasteiger partial charge is 0.486 e. The van der Waals surface area contributed by atoms with Gasteiger partial charge in [0, 0.05) is 12.4 Å². The van der Waals surface area contributed by atoms with Crippen LogP contribution in [0.15, 0.2) is 48.8 Å². The minimum Gasteiger partial charge on any atom is -0.486 e. The summed E-state index contributed by atoms with van der Waals surface area (Å²) >= 11 is 0. The van der Waals surface area contributed by atoms with E-state index in [0.29, 0.717) is 11.3 Å². The summed E-state index contributed by atoms with van der Waals surface area (Å²) in [5.74, 6) is -0.0322. The third-order valence-corrected chi connectivity index (χ3v) is 3.26. The molecule has 0 unspecified atom stereocenters. The van der Waals surface area contributed by atoms with Gasteiger partial charge in [-0.1, -0.05) is 18.2 Å². The van der Waals surface area contributed by atoms with Crippen LogP contribution in [0, 0.1) is 6.92 Å². The molecule has 5 heteroatoms. The Balaban J connectivity index is 1.84. The van der Waals surface area contributed by atoms with Crippen molar-refractivity contribution < 1.29 is 9.53 Å². The van der Waals surface area contributed by atoms with Crippen molar-refractivity contribution in [2.24, 2.45) is 5.73 Å². The summed E-state index contributed by atoms with van der Waals surface area (Å²) < 4.78 is 7.63. The summed E-state index contributed by atoms with van der Waals surface area (Å²) in [6.07, 6.45) is 3.85. The van der Waals surface area contributed by atoms with Gasteiger partial charge in [0.2, 0.25) is 0 Å². The fourth-order valence-electron chi connectivity index (χ4n) is 2.22. The van der Waals surface area contributed by atoms with Crippen LogP contribution in [0.3, 0.4) is 0 Å². The number of carbonyl (C=O) groups is 1. The van der Waals surface area contributed by atoms with E-state index in [1.807, 2.05) is 35.9 Å². The van der Waals surface area contributed by atoms with E-state index in [2.05, 4.69) is 4.98 Å². The van der Waals surface area contributed by atoms with Crippen molar-refractivity contribution in [3.8, 4) is 5.75 Å².